The Hall–Kier alpha value is -1.29. The van der Waals surface area contributed by atoms with Crippen LogP contribution in [0.4, 0.5) is 5.82 Å². The summed E-state index contributed by atoms with van der Waals surface area (Å²) in [5, 5.41) is 0. The Morgan fingerprint density at radius 1 is 1.47 bits per heavy atom. The predicted octanol–water partition coefficient (Wildman–Crippen LogP) is 1.80. The summed E-state index contributed by atoms with van der Waals surface area (Å²) < 4.78 is 5.44. The maximum Gasteiger partial charge on any atom is 0.215 e. The second kappa shape index (κ2) is 5.87. The number of pyridine rings is 1. The Labute approximate surface area is 103 Å². The number of ether oxygens (including phenoxy) is 1. The lowest BCUT2D eigenvalue weighted by Gasteiger charge is -2.23. The monoisotopic (exact) mass is 235 g/mol. The van der Waals surface area contributed by atoms with Crippen LogP contribution in [0.5, 0.6) is 5.88 Å². The topological polar surface area (TPSA) is 51.4 Å². The fourth-order valence-electron chi connectivity index (χ4n) is 1.92. The maximum atomic E-state index is 5.58. The van der Waals surface area contributed by atoms with Crippen molar-refractivity contribution >= 4 is 5.82 Å². The third kappa shape index (κ3) is 3.33. The molecule has 17 heavy (non-hydrogen) atoms. The molecule has 1 aromatic heterocycles. The standard InChI is InChI=1S/C13H21N3O/c1-2-17-13-6-3-5-12(15-13)16(10-4-9-14)11-7-8-11/h3,5-6,11H,2,4,7-10,14H2,1H3. The summed E-state index contributed by atoms with van der Waals surface area (Å²) in [6.45, 7) is 4.35. The normalized spacial score (nSPS) is 14.7. The van der Waals surface area contributed by atoms with Crippen molar-refractivity contribution in [3.05, 3.63) is 18.2 Å². The van der Waals surface area contributed by atoms with E-state index in [-0.39, 0.29) is 0 Å². The van der Waals surface area contributed by atoms with Crippen LogP contribution in [-0.2, 0) is 0 Å². The van der Waals surface area contributed by atoms with Gasteiger partial charge >= 0.3 is 0 Å². The van der Waals surface area contributed by atoms with E-state index in [9.17, 15) is 0 Å². The molecule has 1 fully saturated rings. The van der Waals surface area contributed by atoms with E-state index >= 15 is 0 Å². The lowest BCUT2D eigenvalue weighted by Crippen LogP contribution is -2.29. The zero-order valence-electron chi connectivity index (χ0n) is 10.4. The Morgan fingerprint density at radius 2 is 2.29 bits per heavy atom. The van der Waals surface area contributed by atoms with E-state index in [4.69, 9.17) is 10.5 Å². The molecular formula is C13H21N3O. The van der Waals surface area contributed by atoms with Gasteiger partial charge in [-0.3, -0.25) is 0 Å². The number of aromatic nitrogens is 1. The molecular weight excluding hydrogens is 214 g/mol. The molecule has 0 aliphatic heterocycles. The first kappa shape index (κ1) is 12.2. The minimum atomic E-state index is 0.655. The van der Waals surface area contributed by atoms with E-state index in [1.807, 2.05) is 19.1 Å². The van der Waals surface area contributed by atoms with Crippen molar-refractivity contribution in [3.8, 4) is 5.88 Å². The maximum absolute atomic E-state index is 5.58. The first-order valence-corrected chi connectivity index (χ1v) is 6.41. The summed E-state index contributed by atoms with van der Waals surface area (Å²) in [6.07, 6.45) is 3.55. The molecule has 1 aliphatic rings. The molecule has 2 N–H and O–H groups in total. The number of anilines is 1. The first-order chi connectivity index (χ1) is 8.35. The van der Waals surface area contributed by atoms with Crippen LogP contribution in [0.3, 0.4) is 0 Å². The van der Waals surface area contributed by atoms with Gasteiger partial charge in [-0.2, -0.15) is 4.98 Å². The van der Waals surface area contributed by atoms with Crippen LogP contribution in [0, 0.1) is 0 Å². The lowest BCUT2D eigenvalue weighted by atomic mass is 10.3. The van der Waals surface area contributed by atoms with Crippen LogP contribution in [0.15, 0.2) is 18.2 Å². The molecule has 0 aromatic carbocycles. The second-order valence-electron chi connectivity index (χ2n) is 4.33. The van der Waals surface area contributed by atoms with Gasteiger partial charge in [0, 0.05) is 18.7 Å². The van der Waals surface area contributed by atoms with E-state index in [0.29, 0.717) is 18.5 Å². The van der Waals surface area contributed by atoms with Crippen molar-refractivity contribution in [1.29, 1.82) is 0 Å². The molecule has 0 amide bonds. The van der Waals surface area contributed by atoms with E-state index < -0.39 is 0 Å². The number of hydrogen-bond donors (Lipinski definition) is 1. The van der Waals surface area contributed by atoms with Crippen molar-refractivity contribution in [2.24, 2.45) is 5.73 Å². The zero-order chi connectivity index (χ0) is 12.1. The molecule has 0 bridgehead atoms. The van der Waals surface area contributed by atoms with Crippen LogP contribution in [0.2, 0.25) is 0 Å². The molecule has 94 valence electrons. The molecule has 0 saturated heterocycles. The van der Waals surface area contributed by atoms with Crippen molar-refractivity contribution < 1.29 is 4.74 Å². The lowest BCUT2D eigenvalue weighted by molar-refractivity contribution is 0.327. The largest absolute Gasteiger partial charge is 0.478 e. The van der Waals surface area contributed by atoms with Gasteiger partial charge in [-0.25, -0.2) is 0 Å². The van der Waals surface area contributed by atoms with Crippen LogP contribution in [0.25, 0.3) is 0 Å². The smallest absolute Gasteiger partial charge is 0.215 e. The van der Waals surface area contributed by atoms with Crippen LogP contribution in [0.1, 0.15) is 26.2 Å². The highest BCUT2D eigenvalue weighted by molar-refractivity contribution is 5.43. The number of rotatable bonds is 7. The molecule has 1 aromatic rings. The summed E-state index contributed by atoms with van der Waals surface area (Å²) in [6, 6.07) is 6.62. The van der Waals surface area contributed by atoms with E-state index in [0.717, 1.165) is 25.3 Å². The number of hydrogen-bond acceptors (Lipinski definition) is 4. The third-order valence-electron chi connectivity index (χ3n) is 2.89. The Balaban J connectivity index is 2.08. The van der Waals surface area contributed by atoms with Crippen LogP contribution in [-0.4, -0.2) is 30.7 Å². The molecule has 2 rings (SSSR count). The van der Waals surface area contributed by atoms with Gasteiger partial charge in [-0.1, -0.05) is 6.07 Å². The Bertz CT molecular complexity index is 352. The molecule has 4 nitrogen and oxygen atoms in total. The average Bonchev–Trinajstić information content (AvgIpc) is 3.15. The number of nitrogens with zero attached hydrogens (tertiary/aromatic N) is 2. The van der Waals surface area contributed by atoms with E-state index in [1.165, 1.54) is 12.8 Å². The third-order valence-corrected chi connectivity index (χ3v) is 2.89. The fourth-order valence-corrected chi connectivity index (χ4v) is 1.92. The van der Waals surface area contributed by atoms with Gasteiger partial charge in [0.2, 0.25) is 5.88 Å². The van der Waals surface area contributed by atoms with E-state index in [1.54, 1.807) is 0 Å². The van der Waals surface area contributed by atoms with Crippen LogP contribution >= 0.6 is 0 Å². The second-order valence-corrected chi connectivity index (χ2v) is 4.33. The molecule has 0 radical (unpaired) electrons. The average molecular weight is 235 g/mol. The van der Waals surface area contributed by atoms with Gasteiger partial charge in [0.05, 0.1) is 6.61 Å². The highest BCUT2D eigenvalue weighted by atomic mass is 16.5. The highest BCUT2D eigenvalue weighted by Gasteiger charge is 2.29. The summed E-state index contributed by atoms with van der Waals surface area (Å²) in [5.41, 5.74) is 5.58. The van der Waals surface area contributed by atoms with Crippen molar-refractivity contribution in [2.45, 2.75) is 32.2 Å². The van der Waals surface area contributed by atoms with E-state index in [2.05, 4.69) is 16.0 Å². The molecule has 1 saturated carbocycles. The fraction of sp³-hybridized carbons (Fsp3) is 0.615. The van der Waals surface area contributed by atoms with Gasteiger partial charge in [-0.05, 0) is 38.8 Å². The summed E-state index contributed by atoms with van der Waals surface area (Å²) in [4.78, 5) is 6.90. The summed E-state index contributed by atoms with van der Waals surface area (Å²) in [5.74, 6) is 1.73. The number of nitrogens with two attached hydrogens (primary N) is 1. The van der Waals surface area contributed by atoms with Gasteiger partial charge in [0.1, 0.15) is 5.82 Å². The van der Waals surface area contributed by atoms with Gasteiger partial charge < -0.3 is 15.4 Å². The van der Waals surface area contributed by atoms with Crippen LogP contribution < -0.4 is 15.4 Å². The summed E-state index contributed by atoms with van der Waals surface area (Å²) in [7, 11) is 0. The molecule has 1 aliphatic carbocycles. The minimum absolute atomic E-state index is 0.655. The molecule has 4 heteroatoms. The van der Waals surface area contributed by atoms with Crippen molar-refractivity contribution in [1.82, 2.24) is 4.98 Å². The molecule has 1 heterocycles. The van der Waals surface area contributed by atoms with Gasteiger partial charge in [0.15, 0.2) is 0 Å². The molecule has 0 atom stereocenters. The SMILES string of the molecule is CCOc1cccc(N(CCCN)C2CC2)n1. The highest BCUT2D eigenvalue weighted by Crippen LogP contribution is 2.31. The zero-order valence-corrected chi connectivity index (χ0v) is 10.4. The first-order valence-electron chi connectivity index (χ1n) is 6.41. The van der Waals surface area contributed by atoms with Crippen molar-refractivity contribution in [3.63, 3.8) is 0 Å². The Morgan fingerprint density at radius 3 is 2.94 bits per heavy atom. The Kier molecular flexibility index (Phi) is 4.20. The minimum Gasteiger partial charge on any atom is -0.478 e. The molecule has 0 spiro atoms. The van der Waals surface area contributed by atoms with Crippen molar-refractivity contribution in [2.75, 3.05) is 24.6 Å². The summed E-state index contributed by atoms with van der Waals surface area (Å²) >= 11 is 0. The van der Waals surface area contributed by atoms with Gasteiger partial charge in [0.25, 0.3) is 0 Å². The molecule has 0 unspecified atom stereocenters. The predicted molar refractivity (Wildman–Crippen MR) is 69.4 cm³/mol. The van der Waals surface area contributed by atoms with Gasteiger partial charge in [-0.15, -0.1) is 0 Å². The quantitative estimate of drug-likeness (QED) is 0.783.